The molecular formula is C8H6INO3. The first-order chi connectivity index (χ1) is 6.04. The number of hydrogen-bond donors (Lipinski definition) is 2. The van der Waals surface area contributed by atoms with Crippen LogP contribution in [-0.2, 0) is 0 Å². The van der Waals surface area contributed by atoms with Crippen LogP contribution < -0.4 is 5.73 Å². The summed E-state index contributed by atoms with van der Waals surface area (Å²) in [6, 6.07) is 4.55. The van der Waals surface area contributed by atoms with Gasteiger partial charge in [-0.1, -0.05) is 6.07 Å². The van der Waals surface area contributed by atoms with Crippen LogP contribution in [0.25, 0.3) is 0 Å². The van der Waals surface area contributed by atoms with Gasteiger partial charge in [0.25, 0.3) is 5.91 Å². The van der Waals surface area contributed by atoms with Gasteiger partial charge in [0.1, 0.15) is 0 Å². The first-order valence-corrected chi connectivity index (χ1v) is 4.43. The summed E-state index contributed by atoms with van der Waals surface area (Å²) >= 11 is 1.87. The fourth-order valence-corrected chi connectivity index (χ4v) is 1.72. The Balaban J connectivity index is 3.43. The molecular weight excluding hydrogens is 285 g/mol. The zero-order valence-corrected chi connectivity index (χ0v) is 8.61. The Bertz CT molecular complexity index is 376. The maximum Gasteiger partial charge on any atom is 0.336 e. The van der Waals surface area contributed by atoms with Gasteiger partial charge < -0.3 is 10.8 Å². The summed E-state index contributed by atoms with van der Waals surface area (Å²) in [5.74, 6) is -1.87. The lowest BCUT2D eigenvalue weighted by atomic mass is 10.1. The van der Waals surface area contributed by atoms with Crippen LogP contribution >= 0.6 is 22.6 Å². The highest BCUT2D eigenvalue weighted by Crippen LogP contribution is 2.16. The third-order valence-corrected chi connectivity index (χ3v) is 2.39. The zero-order chi connectivity index (χ0) is 10.0. The van der Waals surface area contributed by atoms with Crippen molar-refractivity contribution in [2.24, 2.45) is 5.73 Å². The minimum atomic E-state index is -1.15. The van der Waals surface area contributed by atoms with Crippen molar-refractivity contribution in [2.45, 2.75) is 0 Å². The highest BCUT2D eigenvalue weighted by molar-refractivity contribution is 14.1. The standard InChI is InChI=1S/C8H6INO3/c9-5-3-1-2-4(8(12)13)6(5)7(10)11/h1-3H,(H2,10,11)(H,12,13). The Morgan fingerprint density at radius 2 is 2.00 bits per heavy atom. The molecule has 5 heteroatoms. The molecule has 0 radical (unpaired) electrons. The molecule has 1 aromatic rings. The lowest BCUT2D eigenvalue weighted by Crippen LogP contribution is -2.17. The number of rotatable bonds is 2. The van der Waals surface area contributed by atoms with Crippen LogP contribution in [0.4, 0.5) is 0 Å². The van der Waals surface area contributed by atoms with E-state index in [1.54, 1.807) is 12.1 Å². The number of carboxylic acid groups (broad SMARTS) is 1. The SMILES string of the molecule is NC(=O)c1c(I)cccc1C(=O)O. The van der Waals surface area contributed by atoms with E-state index in [-0.39, 0.29) is 11.1 Å². The van der Waals surface area contributed by atoms with Crippen molar-refractivity contribution >= 4 is 34.5 Å². The number of carbonyl (C=O) groups excluding carboxylic acids is 1. The number of benzene rings is 1. The molecule has 13 heavy (non-hydrogen) atoms. The quantitative estimate of drug-likeness (QED) is 0.800. The Morgan fingerprint density at radius 1 is 1.38 bits per heavy atom. The van der Waals surface area contributed by atoms with E-state index in [0.29, 0.717) is 3.57 Å². The molecule has 68 valence electrons. The van der Waals surface area contributed by atoms with Crippen molar-refractivity contribution in [3.05, 3.63) is 32.9 Å². The number of amides is 1. The second kappa shape index (κ2) is 3.73. The topological polar surface area (TPSA) is 80.4 Å². The fourth-order valence-electron chi connectivity index (χ4n) is 0.953. The molecule has 0 aromatic heterocycles. The van der Waals surface area contributed by atoms with Crippen LogP contribution in [0.15, 0.2) is 18.2 Å². The second-order valence-corrected chi connectivity index (χ2v) is 3.49. The average molecular weight is 291 g/mol. The molecule has 0 aliphatic rings. The normalized spacial score (nSPS) is 9.62. The van der Waals surface area contributed by atoms with Crippen LogP contribution in [-0.4, -0.2) is 17.0 Å². The molecule has 0 heterocycles. The number of primary amides is 1. The molecule has 0 aliphatic carbocycles. The monoisotopic (exact) mass is 291 g/mol. The van der Waals surface area contributed by atoms with E-state index in [4.69, 9.17) is 10.8 Å². The second-order valence-electron chi connectivity index (χ2n) is 2.33. The number of nitrogens with two attached hydrogens (primary N) is 1. The van der Waals surface area contributed by atoms with Crippen molar-refractivity contribution in [3.63, 3.8) is 0 Å². The molecule has 0 spiro atoms. The molecule has 0 saturated heterocycles. The van der Waals surface area contributed by atoms with Gasteiger partial charge in [0, 0.05) is 3.57 Å². The van der Waals surface area contributed by atoms with Crippen molar-refractivity contribution < 1.29 is 14.7 Å². The predicted molar refractivity (Wildman–Crippen MR) is 54.6 cm³/mol. The van der Waals surface area contributed by atoms with Gasteiger partial charge in [-0.15, -0.1) is 0 Å². The minimum absolute atomic E-state index is 0.0561. The molecule has 0 unspecified atom stereocenters. The fraction of sp³-hybridized carbons (Fsp3) is 0. The van der Waals surface area contributed by atoms with Crippen LogP contribution in [0.5, 0.6) is 0 Å². The number of carbonyl (C=O) groups is 2. The number of halogens is 1. The lowest BCUT2D eigenvalue weighted by Gasteiger charge is -2.03. The Morgan fingerprint density at radius 3 is 2.38 bits per heavy atom. The maximum atomic E-state index is 10.9. The molecule has 0 atom stereocenters. The van der Waals surface area contributed by atoms with E-state index in [1.165, 1.54) is 6.07 Å². The molecule has 0 bridgehead atoms. The Hall–Kier alpha value is -1.11. The van der Waals surface area contributed by atoms with Gasteiger partial charge in [-0.05, 0) is 34.7 Å². The third kappa shape index (κ3) is 1.97. The van der Waals surface area contributed by atoms with Gasteiger partial charge >= 0.3 is 5.97 Å². The summed E-state index contributed by atoms with van der Waals surface area (Å²) in [6.07, 6.45) is 0. The molecule has 4 nitrogen and oxygen atoms in total. The van der Waals surface area contributed by atoms with Gasteiger partial charge in [0.05, 0.1) is 11.1 Å². The lowest BCUT2D eigenvalue weighted by molar-refractivity contribution is 0.0692. The smallest absolute Gasteiger partial charge is 0.336 e. The number of hydrogen-bond acceptors (Lipinski definition) is 2. The maximum absolute atomic E-state index is 10.9. The van der Waals surface area contributed by atoms with Crippen LogP contribution in [0.1, 0.15) is 20.7 Å². The van der Waals surface area contributed by atoms with Gasteiger partial charge in [0.2, 0.25) is 0 Å². The van der Waals surface area contributed by atoms with Crippen molar-refractivity contribution in [1.82, 2.24) is 0 Å². The van der Waals surface area contributed by atoms with E-state index in [0.717, 1.165) is 0 Å². The summed E-state index contributed by atoms with van der Waals surface area (Å²) in [4.78, 5) is 21.6. The van der Waals surface area contributed by atoms with E-state index in [1.807, 2.05) is 22.6 Å². The highest BCUT2D eigenvalue weighted by Gasteiger charge is 2.16. The van der Waals surface area contributed by atoms with E-state index in [2.05, 4.69) is 0 Å². The summed E-state index contributed by atoms with van der Waals surface area (Å²) in [7, 11) is 0. The third-order valence-electron chi connectivity index (χ3n) is 1.49. The van der Waals surface area contributed by atoms with Gasteiger partial charge in [-0.2, -0.15) is 0 Å². The van der Waals surface area contributed by atoms with Crippen molar-refractivity contribution in [1.29, 1.82) is 0 Å². The van der Waals surface area contributed by atoms with E-state index in [9.17, 15) is 9.59 Å². The highest BCUT2D eigenvalue weighted by atomic mass is 127. The summed E-state index contributed by atoms with van der Waals surface area (Å²) < 4.78 is 0.546. The molecule has 0 aliphatic heterocycles. The van der Waals surface area contributed by atoms with Gasteiger partial charge in [0.15, 0.2) is 0 Å². The molecule has 0 fully saturated rings. The number of carboxylic acids is 1. The predicted octanol–water partition coefficient (Wildman–Crippen LogP) is 1.09. The first kappa shape index (κ1) is 9.97. The first-order valence-electron chi connectivity index (χ1n) is 3.35. The average Bonchev–Trinajstić information content (AvgIpc) is 2.02. The zero-order valence-electron chi connectivity index (χ0n) is 6.45. The Labute approximate surface area is 87.9 Å². The number of aromatic carboxylic acids is 1. The molecule has 3 N–H and O–H groups in total. The van der Waals surface area contributed by atoms with E-state index >= 15 is 0 Å². The minimum Gasteiger partial charge on any atom is -0.478 e. The van der Waals surface area contributed by atoms with Crippen molar-refractivity contribution in [3.8, 4) is 0 Å². The van der Waals surface area contributed by atoms with Crippen LogP contribution in [0.2, 0.25) is 0 Å². The molecule has 1 amide bonds. The summed E-state index contributed by atoms with van der Waals surface area (Å²) in [6.45, 7) is 0. The van der Waals surface area contributed by atoms with Gasteiger partial charge in [-0.25, -0.2) is 4.79 Å². The summed E-state index contributed by atoms with van der Waals surface area (Å²) in [5, 5.41) is 8.73. The van der Waals surface area contributed by atoms with E-state index < -0.39 is 11.9 Å². The van der Waals surface area contributed by atoms with Gasteiger partial charge in [-0.3, -0.25) is 4.79 Å². The Kier molecular flexibility index (Phi) is 2.86. The largest absolute Gasteiger partial charge is 0.478 e. The molecule has 1 aromatic carbocycles. The van der Waals surface area contributed by atoms with Crippen LogP contribution in [0, 0.1) is 3.57 Å². The molecule has 1 rings (SSSR count). The van der Waals surface area contributed by atoms with Crippen LogP contribution in [0.3, 0.4) is 0 Å². The summed E-state index contributed by atoms with van der Waals surface area (Å²) in [5.41, 5.74) is 5.06. The van der Waals surface area contributed by atoms with Crippen molar-refractivity contribution in [2.75, 3.05) is 0 Å². The molecule has 0 saturated carbocycles.